The van der Waals surface area contributed by atoms with Crippen LogP contribution in [-0.2, 0) is 6.54 Å². The quantitative estimate of drug-likeness (QED) is 0.851. The second kappa shape index (κ2) is 6.44. The van der Waals surface area contributed by atoms with Gasteiger partial charge in [-0.05, 0) is 51.8 Å². The highest BCUT2D eigenvalue weighted by Crippen LogP contribution is 2.27. The molecule has 0 fully saturated rings. The lowest BCUT2D eigenvalue weighted by atomic mass is 10.1. The number of hydrogen-bond donors (Lipinski definition) is 0. The van der Waals surface area contributed by atoms with E-state index in [-0.39, 0.29) is 0 Å². The zero-order valence-corrected chi connectivity index (χ0v) is 13.0. The molecule has 0 aliphatic heterocycles. The maximum absolute atomic E-state index is 8.89. The van der Waals surface area contributed by atoms with Crippen molar-refractivity contribution in [3.63, 3.8) is 0 Å². The van der Waals surface area contributed by atoms with E-state index in [2.05, 4.69) is 33.0 Å². The van der Waals surface area contributed by atoms with E-state index in [1.807, 2.05) is 43.4 Å². The van der Waals surface area contributed by atoms with Gasteiger partial charge in [-0.2, -0.15) is 5.26 Å². The minimum atomic E-state index is 0.649. The molecule has 102 valence electrons. The molecule has 0 N–H and O–H groups in total. The highest BCUT2D eigenvalue weighted by Gasteiger charge is 2.08. The number of nitriles is 1. The first kappa shape index (κ1) is 14.4. The molecule has 0 spiro atoms. The van der Waals surface area contributed by atoms with Crippen LogP contribution in [0.15, 0.2) is 46.9 Å². The van der Waals surface area contributed by atoms with Gasteiger partial charge in [0.25, 0.3) is 0 Å². The lowest BCUT2D eigenvalue weighted by molar-refractivity contribution is 0.414. The van der Waals surface area contributed by atoms with E-state index in [0.29, 0.717) is 5.56 Å². The van der Waals surface area contributed by atoms with Gasteiger partial charge in [0.15, 0.2) is 0 Å². The molecule has 20 heavy (non-hydrogen) atoms. The van der Waals surface area contributed by atoms with Gasteiger partial charge >= 0.3 is 0 Å². The van der Waals surface area contributed by atoms with Crippen molar-refractivity contribution in [1.82, 2.24) is 0 Å². The molecule has 4 heteroatoms. The highest BCUT2D eigenvalue weighted by atomic mass is 79.9. The highest BCUT2D eigenvalue weighted by molar-refractivity contribution is 9.10. The van der Waals surface area contributed by atoms with Crippen LogP contribution in [0, 0.1) is 11.3 Å². The molecule has 0 bridgehead atoms. The minimum Gasteiger partial charge on any atom is -0.497 e. The van der Waals surface area contributed by atoms with Crippen molar-refractivity contribution in [2.24, 2.45) is 0 Å². The van der Waals surface area contributed by atoms with Crippen LogP contribution in [0.1, 0.15) is 11.1 Å². The summed E-state index contributed by atoms with van der Waals surface area (Å²) in [6.45, 7) is 0.766. The van der Waals surface area contributed by atoms with Crippen LogP contribution in [0.4, 0.5) is 5.69 Å². The van der Waals surface area contributed by atoms with Crippen LogP contribution in [0.3, 0.4) is 0 Å². The predicted octanol–water partition coefficient (Wildman–Crippen LogP) is 3.97. The molecule has 0 unspecified atom stereocenters. The second-order valence-corrected chi connectivity index (χ2v) is 5.34. The number of hydrogen-bond acceptors (Lipinski definition) is 3. The fourth-order valence-electron chi connectivity index (χ4n) is 2.02. The normalized spacial score (nSPS) is 9.90. The summed E-state index contributed by atoms with van der Waals surface area (Å²) in [6, 6.07) is 15.7. The van der Waals surface area contributed by atoms with E-state index in [1.165, 1.54) is 5.56 Å². The third kappa shape index (κ3) is 3.31. The van der Waals surface area contributed by atoms with Gasteiger partial charge in [-0.25, -0.2) is 0 Å². The smallest absolute Gasteiger partial charge is 0.119 e. The Balaban J connectivity index is 2.19. The first-order chi connectivity index (χ1) is 9.63. The Morgan fingerprint density at radius 3 is 2.70 bits per heavy atom. The van der Waals surface area contributed by atoms with Crippen LogP contribution in [0.25, 0.3) is 0 Å². The van der Waals surface area contributed by atoms with Gasteiger partial charge in [0.05, 0.1) is 24.4 Å². The zero-order chi connectivity index (χ0) is 14.5. The van der Waals surface area contributed by atoms with Crippen LogP contribution in [-0.4, -0.2) is 14.2 Å². The molecule has 0 aliphatic rings. The van der Waals surface area contributed by atoms with Gasteiger partial charge in [-0.1, -0.05) is 12.1 Å². The Bertz CT molecular complexity index is 649. The molecule has 0 aromatic heterocycles. The summed E-state index contributed by atoms with van der Waals surface area (Å²) in [5.74, 6) is 0.856. The summed E-state index contributed by atoms with van der Waals surface area (Å²) < 4.78 is 6.15. The molecule has 0 atom stereocenters. The lowest BCUT2D eigenvalue weighted by Crippen LogP contribution is -2.16. The van der Waals surface area contributed by atoms with Crippen molar-refractivity contribution in [1.29, 1.82) is 5.26 Å². The predicted molar refractivity (Wildman–Crippen MR) is 84.0 cm³/mol. The van der Waals surface area contributed by atoms with Crippen molar-refractivity contribution < 1.29 is 4.74 Å². The number of halogens is 1. The first-order valence-electron chi connectivity index (χ1n) is 6.17. The van der Waals surface area contributed by atoms with Gasteiger partial charge in [0.1, 0.15) is 5.75 Å². The molecule has 0 saturated heterocycles. The van der Waals surface area contributed by atoms with Crippen molar-refractivity contribution >= 4 is 21.6 Å². The van der Waals surface area contributed by atoms with Crippen molar-refractivity contribution in [2.45, 2.75) is 6.54 Å². The molecule has 2 aromatic rings. The van der Waals surface area contributed by atoms with Crippen LogP contribution >= 0.6 is 15.9 Å². The molecule has 2 rings (SSSR count). The van der Waals surface area contributed by atoms with Crippen LogP contribution in [0.5, 0.6) is 5.75 Å². The fourth-order valence-corrected chi connectivity index (χ4v) is 2.70. The monoisotopic (exact) mass is 330 g/mol. The van der Waals surface area contributed by atoms with Crippen molar-refractivity contribution in [3.8, 4) is 11.8 Å². The van der Waals surface area contributed by atoms with E-state index in [9.17, 15) is 0 Å². The number of benzene rings is 2. The molecule has 0 amide bonds. The van der Waals surface area contributed by atoms with E-state index < -0.39 is 0 Å². The summed E-state index contributed by atoms with van der Waals surface area (Å²) >= 11 is 3.51. The zero-order valence-electron chi connectivity index (χ0n) is 11.4. The topological polar surface area (TPSA) is 36.3 Å². The molecule has 2 aromatic carbocycles. The van der Waals surface area contributed by atoms with Gasteiger partial charge in [-0.15, -0.1) is 0 Å². The number of anilines is 1. The Morgan fingerprint density at radius 1 is 1.25 bits per heavy atom. The Kier molecular flexibility index (Phi) is 4.65. The number of rotatable bonds is 4. The van der Waals surface area contributed by atoms with E-state index in [1.54, 1.807) is 7.11 Å². The maximum atomic E-state index is 8.89. The van der Waals surface area contributed by atoms with Crippen LogP contribution < -0.4 is 9.64 Å². The fraction of sp³-hybridized carbons (Fsp3) is 0.188. The third-order valence-corrected chi connectivity index (χ3v) is 3.68. The Hall–Kier alpha value is -1.99. The maximum Gasteiger partial charge on any atom is 0.119 e. The van der Waals surface area contributed by atoms with Crippen LogP contribution in [0.2, 0.25) is 0 Å². The second-order valence-electron chi connectivity index (χ2n) is 4.49. The number of nitrogens with zero attached hydrogens (tertiary/aromatic N) is 2. The number of ether oxygens (including phenoxy) is 1. The largest absolute Gasteiger partial charge is 0.497 e. The van der Waals surface area contributed by atoms with Gasteiger partial charge < -0.3 is 9.64 Å². The average molecular weight is 331 g/mol. The van der Waals surface area contributed by atoms with E-state index in [0.717, 1.165) is 22.5 Å². The third-order valence-electron chi connectivity index (χ3n) is 3.04. The molecule has 0 radical (unpaired) electrons. The van der Waals surface area contributed by atoms with Gasteiger partial charge in [0, 0.05) is 18.1 Å². The van der Waals surface area contributed by atoms with Crippen molar-refractivity contribution in [2.75, 3.05) is 19.1 Å². The molecular weight excluding hydrogens is 316 g/mol. The average Bonchev–Trinajstić information content (AvgIpc) is 2.47. The van der Waals surface area contributed by atoms with Gasteiger partial charge in [-0.3, -0.25) is 0 Å². The molecule has 0 heterocycles. The van der Waals surface area contributed by atoms with E-state index in [4.69, 9.17) is 10.00 Å². The minimum absolute atomic E-state index is 0.649. The van der Waals surface area contributed by atoms with Gasteiger partial charge in [0.2, 0.25) is 0 Å². The summed E-state index contributed by atoms with van der Waals surface area (Å²) in [5.41, 5.74) is 2.87. The Morgan fingerprint density at radius 2 is 2.05 bits per heavy atom. The molecule has 0 saturated carbocycles. The molecule has 3 nitrogen and oxygen atoms in total. The lowest BCUT2D eigenvalue weighted by Gasteiger charge is -2.21. The summed E-state index contributed by atoms with van der Waals surface area (Å²) in [5, 5.41) is 8.89. The summed E-state index contributed by atoms with van der Waals surface area (Å²) in [6.07, 6.45) is 0. The summed E-state index contributed by atoms with van der Waals surface area (Å²) in [7, 11) is 3.69. The standard InChI is InChI=1S/C16H15BrN2O/c1-19(11-13-4-3-5-14(8-13)20-2)16-7-6-12(10-18)9-15(16)17/h3-9H,11H2,1-2H3. The first-order valence-corrected chi connectivity index (χ1v) is 6.97. The Labute approximate surface area is 127 Å². The molecular formula is C16H15BrN2O. The summed E-state index contributed by atoms with van der Waals surface area (Å²) in [4.78, 5) is 2.13. The molecule has 0 aliphatic carbocycles. The number of methoxy groups -OCH3 is 1. The van der Waals surface area contributed by atoms with E-state index >= 15 is 0 Å². The van der Waals surface area contributed by atoms with Crippen molar-refractivity contribution in [3.05, 3.63) is 58.1 Å². The SMILES string of the molecule is COc1cccc(CN(C)c2ccc(C#N)cc2Br)c1.